The Bertz CT molecular complexity index is 901. The van der Waals surface area contributed by atoms with E-state index in [9.17, 15) is 0 Å². The average Bonchev–Trinajstić information content (AvgIpc) is 3.22. The van der Waals surface area contributed by atoms with E-state index >= 15 is 0 Å². The van der Waals surface area contributed by atoms with Gasteiger partial charge in [0.05, 0.1) is 19.2 Å². The fourth-order valence-electron chi connectivity index (χ4n) is 3.29. The van der Waals surface area contributed by atoms with Gasteiger partial charge >= 0.3 is 0 Å². The van der Waals surface area contributed by atoms with Crippen molar-refractivity contribution in [3.63, 3.8) is 0 Å². The first-order valence-corrected chi connectivity index (χ1v) is 9.46. The lowest BCUT2D eigenvalue weighted by atomic mass is 10.2. The Hall–Kier alpha value is -3.06. The van der Waals surface area contributed by atoms with E-state index in [-0.39, 0.29) is 0 Å². The molecule has 1 aliphatic heterocycles. The predicted octanol–water partition coefficient (Wildman–Crippen LogP) is 3.11. The van der Waals surface area contributed by atoms with Crippen molar-refractivity contribution < 1.29 is 9.15 Å². The standard InChI is InChI=1S/C21H25N5O2/c1-25-11-13-26(14-12-25)17-9-7-16(8-10-17)22-15-20-23-24-21(28-20)18-5-3-4-6-19(18)27-2/h3-10,22H,11-15H2,1-2H3. The summed E-state index contributed by atoms with van der Waals surface area (Å²) in [4.78, 5) is 4.78. The molecule has 3 aromatic rings. The molecule has 0 radical (unpaired) electrons. The average molecular weight is 379 g/mol. The number of likely N-dealkylation sites (N-methyl/N-ethyl adjacent to an activating group) is 1. The van der Waals surface area contributed by atoms with Gasteiger partial charge < -0.3 is 24.3 Å². The van der Waals surface area contributed by atoms with Crippen molar-refractivity contribution in [1.82, 2.24) is 15.1 Å². The third-order valence-corrected chi connectivity index (χ3v) is 4.98. The zero-order chi connectivity index (χ0) is 19.3. The predicted molar refractivity (Wildman–Crippen MR) is 110 cm³/mol. The summed E-state index contributed by atoms with van der Waals surface area (Å²) in [6, 6.07) is 16.1. The van der Waals surface area contributed by atoms with Gasteiger partial charge in [0.25, 0.3) is 5.89 Å². The molecule has 0 amide bonds. The number of benzene rings is 2. The van der Waals surface area contributed by atoms with E-state index in [1.54, 1.807) is 7.11 Å². The maximum atomic E-state index is 5.79. The summed E-state index contributed by atoms with van der Waals surface area (Å²) < 4.78 is 11.1. The van der Waals surface area contributed by atoms with Gasteiger partial charge in [0.2, 0.25) is 5.89 Å². The first-order valence-electron chi connectivity index (χ1n) is 9.46. The highest BCUT2D eigenvalue weighted by molar-refractivity contribution is 5.62. The summed E-state index contributed by atoms with van der Waals surface area (Å²) in [6.45, 7) is 4.81. The van der Waals surface area contributed by atoms with Crippen LogP contribution in [0.25, 0.3) is 11.5 Å². The van der Waals surface area contributed by atoms with E-state index in [1.807, 2.05) is 24.3 Å². The SMILES string of the molecule is COc1ccccc1-c1nnc(CNc2ccc(N3CCN(C)CC3)cc2)o1. The van der Waals surface area contributed by atoms with Gasteiger partial charge in [-0.3, -0.25) is 0 Å². The van der Waals surface area contributed by atoms with Crippen LogP contribution in [-0.2, 0) is 6.54 Å². The fraction of sp³-hybridized carbons (Fsp3) is 0.333. The van der Waals surface area contributed by atoms with Crippen LogP contribution in [0, 0.1) is 0 Å². The van der Waals surface area contributed by atoms with E-state index < -0.39 is 0 Å². The van der Waals surface area contributed by atoms with Crippen molar-refractivity contribution >= 4 is 11.4 Å². The fourth-order valence-corrected chi connectivity index (χ4v) is 3.29. The number of para-hydroxylation sites is 1. The van der Waals surface area contributed by atoms with Crippen LogP contribution in [0.1, 0.15) is 5.89 Å². The Labute approximate surface area is 164 Å². The van der Waals surface area contributed by atoms with E-state index in [2.05, 4.69) is 56.6 Å². The molecule has 7 nitrogen and oxygen atoms in total. The molecule has 1 fully saturated rings. The number of piperazine rings is 1. The molecule has 4 rings (SSSR count). The Balaban J connectivity index is 1.37. The number of hydrogen-bond donors (Lipinski definition) is 1. The Morgan fingerprint density at radius 3 is 2.50 bits per heavy atom. The van der Waals surface area contributed by atoms with Crippen LogP contribution in [0.4, 0.5) is 11.4 Å². The molecule has 146 valence electrons. The Morgan fingerprint density at radius 1 is 1.00 bits per heavy atom. The van der Waals surface area contributed by atoms with E-state index in [1.165, 1.54) is 5.69 Å². The van der Waals surface area contributed by atoms with Crippen LogP contribution in [0.2, 0.25) is 0 Å². The van der Waals surface area contributed by atoms with Crippen molar-refractivity contribution in [3.8, 4) is 17.2 Å². The van der Waals surface area contributed by atoms with Gasteiger partial charge in [-0.2, -0.15) is 0 Å². The number of methoxy groups -OCH3 is 1. The number of anilines is 2. The topological polar surface area (TPSA) is 66.7 Å². The van der Waals surface area contributed by atoms with Gasteiger partial charge in [-0.25, -0.2) is 0 Å². The van der Waals surface area contributed by atoms with Gasteiger partial charge in [0, 0.05) is 37.6 Å². The highest BCUT2D eigenvalue weighted by atomic mass is 16.5. The molecule has 0 aliphatic carbocycles. The second-order valence-corrected chi connectivity index (χ2v) is 6.89. The molecule has 0 saturated carbocycles. The summed E-state index contributed by atoms with van der Waals surface area (Å²) in [5.41, 5.74) is 3.07. The lowest BCUT2D eigenvalue weighted by Crippen LogP contribution is -2.44. The molecule has 1 N–H and O–H groups in total. The molecule has 0 bridgehead atoms. The van der Waals surface area contributed by atoms with Crippen LogP contribution < -0.4 is 15.0 Å². The van der Waals surface area contributed by atoms with Gasteiger partial charge in [-0.15, -0.1) is 10.2 Å². The smallest absolute Gasteiger partial charge is 0.251 e. The van der Waals surface area contributed by atoms with E-state index in [0.717, 1.165) is 37.4 Å². The molecule has 0 spiro atoms. The van der Waals surface area contributed by atoms with Crippen molar-refractivity contribution in [2.75, 3.05) is 50.6 Å². The maximum Gasteiger partial charge on any atom is 0.251 e. The van der Waals surface area contributed by atoms with Crippen LogP contribution >= 0.6 is 0 Å². The number of aromatic nitrogens is 2. The number of hydrogen-bond acceptors (Lipinski definition) is 7. The molecule has 1 aromatic heterocycles. The molecule has 1 aliphatic rings. The number of nitrogens with one attached hydrogen (secondary N) is 1. The minimum atomic E-state index is 0.458. The van der Waals surface area contributed by atoms with Crippen molar-refractivity contribution in [2.45, 2.75) is 6.54 Å². The van der Waals surface area contributed by atoms with Gasteiger partial charge in [-0.05, 0) is 43.4 Å². The van der Waals surface area contributed by atoms with Crippen LogP contribution in [0.3, 0.4) is 0 Å². The highest BCUT2D eigenvalue weighted by Crippen LogP contribution is 2.28. The maximum absolute atomic E-state index is 5.79. The summed E-state index contributed by atoms with van der Waals surface area (Å²) >= 11 is 0. The molecule has 28 heavy (non-hydrogen) atoms. The monoisotopic (exact) mass is 379 g/mol. The molecule has 2 aromatic carbocycles. The number of rotatable bonds is 6. The van der Waals surface area contributed by atoms with Gasteiger partial charge in [0.15, 0.2) is 0 Å². The normalized spacial score (nSPS) is 14.9. The van der Waals surface area contributed by atoms with Crippen LogP contribution in [-0.4, -0.2) is 55.4 Å². The summed E-state index contributed by atoms with van der Waals surface area (Å²) in [7, 11) is 3.80. The summed E-state index contributed by atoms with van der Waals surface area (Å²) in [5, 5.41) is 11.6. The van der Waals surface area contributed by atoms with Gasteiger partial charge in [0.1, 0.15) is 5.75 Å². The minimum absolute atomic E-state index is 0.458. The second-order valence-electron chi connectivity index (χ2n) is 6.89. The van der Waals surface area contributed by atoms with Crippen molar-refractivity contribution in [1.29, 1.82) is 0 Å². The molecule has 2 heterocycles. The molecule has 0 atom stereocenters. The third-order valence-electron chi connectivity index (χ3n) is 4.98. The quantitative estimate of drug-likeness (QED) is 0.706. The number of ether oxygens (including phenoxy) is 1. The van der Waals surface area contributed by atoms with Crippen LogP contribution in [0.5, 0.6) is 5.75 Å². The summed E-state index contributed by atoms with van der Waals surface area (Å²) in [6.07, 6.45) is 0. The van der Waals surface area contributed by atoms with Crippen molar-refractivity contribution in [2.24, 2.45) is 0 Å². The lowest BCUT2D eigenvalue weighted by molar-refractivity contribution is 0.313. The van der Waals surface area contributed by atoms with Crippen molar-refractivity contribution in [3.05, 3.63) is 54.4 Å². The minimum Gasteiger partial charge on any atom is -0.496 e. The molecule has 0 unspecified atom stereocenters. The van der Waals surface area contributed by atoms with Gasteiger partial charge in [-0.1, -0.05) is 12.1 Å². The zero-order valence-corrected chi connectivity index (χ0v) is 16.3. The number of nitrogens with zero attached hydrogens (tertiary/aromatic N) is 4. The first kappa shape index (κ1) is 18.3. The first-order chi connectivity index (χ1) is 13.7. The van der Waals surface area contributed by atoms with E-state index in [4.69, 9.17) is 9.15 Å². The lowest BCUT2D eigenvalue weighted by Gasteiger charge is -2.34. The highest BCUT2D eigenvalue weighted by Gasteiger charge is 2.15. The molecule has 7 heteroatoms. The Morgan fingerprint density at radius 2 is 1.75 bits per heavy atom. The summed E-state index contributed by atoms with van der Waals surface area (Å²) in [5.74, 6) is 1.70. The molecular weight excluding hydrogens is 354 g/mol. The zero-order valence-electron chi connectivity index (χ0n) is 16.3. The van der Waals surface area contributed by atoms with E-state index in [0.29, 0.717) is 24.1 Å². The Kier molecular flexibility index (Phi) is 5.43. The third kappa shape index (κ3) is 4.09. The second kappa shape index (κ2) is 8.31. The van der Waals surface area contributed by atoms with Crippen LogP contribution in [0.15, 0.2) is 52.9 Å². The largest absolute Gasteiger partial charge is 0.496 e. The molecule has 1 saturated heterocycles. The molecular formula is C21H25N5O2.